The summed E-state index contributed by atoms with van der Waals surface area (Å²) in [5.41, 5.74) is 0.335. The summed E-state index contributed by atoms with van der Waals surface area (Å²) < 4.78 is 27.5. The molecule has 1 aromatic rings. The number of rotatable bonds is 4. The SMILES string of the molecule is CNCC1CCCN1S(=O)(=O)c1cc(Br)cc(C#N)c1.Cl. The summed E-state index contributed by atoms with van der Waals surface area (Å²) in [6.07, 6.45) is 1.73. The number of nitrogens with one attached hydrogen (secondary N) is 1. The smallest absolute Gasteiger partial charge is 0.243 e. The Balaban J connectivity index is 0.00000220. The predicted molar refractivity (Wildman–Crippen MR) is 86.9 cm³/mol. The third kappa shape index (κ3) is 3.96. The highest BCUT2D eigenvalue weighted by Gasteiger charge is 2.35. The zero-order valence-electron chi connectivity index (χ0n) is 11.5. The first-order valence-electron chi connectivity index (χ1n) is 6.36. The van der Waals surface area contributed by atoms with Gasteiger partial charge in [0, 0.05) is 23.6 Å². The lowest BCUT2D eigenvalue weighted by molar-refractivity contribution is 0.379. The van der Waals surface area contributed by atoms with Gasteiger partial charge in [0.05, 0.1) is 16.5 Å². The average molecular weight is 395 g/mol. The second kappa shape index (κ2) is 7.56. The summed E-state index contributed by atoms with van der Waals surface area (Å²) >= 11 is 3.25. The van der Waals surface area contributed by atoms with Gasteiger partial charge in [0.1, 0.15) is 0 Å². The Kier molecular flexibility index (Phi) is 6.63. The van der Waals surface area contributed by atoms with E-state index in [4.69, 9.17) is 5.26 Å². The summed E-state index contributed by atoms with van der Waals surface area (Å²) in [7, 11) is -1.74. The molecule has 1 saturated heterocycles. The molecular weight excluding hydrogens is 378 g/mol. The molecule has 1 aromatic carbocycles. The standard InChI is InChI=1S/C13H16BrN3O2S.ClH/c1-16-9-12-3-2-4-17(12)20(18,19)13-6-10(8-15)5-11(14)7-13;/h5-7,12,16H,2-4,9H2,1H3;1H. The summed E-state index contributed by atoms with van der Waals surface area (Å²) in [6.45, 7) is 1.17. The molecule has 0 bridgehead atoms. The van der Waals surface area contributed by atoms with Gasteiger partial charge < -0.3 is 5.32 Å². The fourth-order valence-corrected chi connectivity index (χ4v) is 4.89. The van der Waals surface area contributed by atoms with Crippen LogP contribution in [0.2, 0.25) is 0 Å². The van der Waals surface area contributed by atoms with Crippen molar-refractivity contribution in [3.05, 3.63) is 28.2 Å². The molecule has 21 heavy (non-hydrogen) atoms. The fourth-order valence-electron chi connectivity index (χ4n) is 2.48. The van der Waals surface area contributed by atoms with Crippen LogP contribution in [0.25, 0.3) is 0 Å². The lowest BCUT2D eigenvalue weighted by Gasteiger charge is -2.24. The third-order valence-electron chi connectivity index (χ3n) is 3.37. The number of nitrogens with zero attached hydrogens (tertiary/aromatic N) is 2. The van der Waals surface area contributed by atoms with Gasteiger partial charge >= 0.3 is 0 Å². The van der Waals surface area contributed by atoms with E-state index in [9.17, 15) is 8.42 Å². The molecule has 2 rings (SSSR count). The number of likely N-dealkylation sites (N-methyl/N-ethyl adjacent to an activating group) is 1. The number of nitriles is 1. The molecular formula is C13H17BrClN3O2S. The van der Waals surface area contributed by atoms with Crippen molar-refractivity contribution in [3.8, 4) is 6.07 Å². The Hall–Kier alpha value is -0.650. The van der Waals surface area contributed by atoms with E-state index < -0.39 is 10.0 Å². The van der Waals surface area contributed by atoms with Crippen LogP contribution in [-0.4, -0.2) is 38.9 Å². The van der Waals surface area contributed by atoms with Gasteiger partial charge in [0.15, 0.2) is 0 Å². The molecule has 0 saturated carbocycles. The zero-order chi connectivity index (χ0) is 14.8. The van der Waals surface area contributed by atoms with Crippen LogP contribution in [0.1, 0.15) is 18.4 Å². The Morgan fingerprint density at radius 3 is 2.81 bits per heavy atom. The van der Waals surface area contributed by atoms with Crippen molar-refractivity contribution in [2.75, 3.05) is 20.1 Å². The minimum atomic E-state index is -3.55. The number of halogens is 2. The molecule has 116 valence electrons. The van der Waals surface area contributed by atoms with Gasteiger partial charge in [-0.15, -0.1) is 12.4 Å². The molecule has 1 fully saturated rings. The maximum atomic E-state index is 12.7. The van der Waals surface area contributed by atoms with E-state index in [2.05, 4.69) is 21.2 Å². The molecule has 0 spiro atoms. The molecule has 5 nitrogen and oxygen atoms in total. The van der Waals surface area contributed by atoms with Crippen molar-refractivity contribution >= 4 is 38.4 Å². The highest BCUT2D eigenvalue weighted by molar-refractivity contribution is 9.10. The van der Waals surface area contributed by atoms with Gasteiger partial charge in [0.25, 0.3) is 0 Å². The van der Waals surface area contributed by atoms with Gasteiger partial charge in [0.2, 0.25) is 10.0 Å². The van der Waals surface area contributed by atoms with Crippen LogP contribution >= 0.6 is 28.3 Å². The first kappa shape index (κ1) is 18.4. The Morgan fingerprint density at radius 1 is 1.48 bits per heavy atom. The van der Waals surface area contributed by atoms with E-state index in [1.165, 1.54) is 10.4 Å². The van der Waals surface area contributed by atoms with Gasteiger partial charge in [-0.05, 0) is 38.1 Å². The summed E-state index contributed by atoms with van der Waals surface area (Å²) in [5, 5.41) is 12.0. The zero-order valence-corrected chi connectivity index (χ0v) is 14.8. The molecule has 0 aromatic heterocycles. The van der Waals surface area contributed by atoms with Gasteiger partial charge in [-0.3, -0.25) is 0 Å². The molecule has 0 radical (unpaired) electrons. The lowest BCUT2D eigenvalue weighted by atomic mass is 10.2. The van der Waals surface area contributed by atoms with Crippen LogP contribution in [0.4, 0.5) is 0 Å². The quantitative estimate of drug-likeness (QED) is 0.849. The molecule has 1 unspecified atom stereocenters. The Labute approximate surface area is 139 Å². The molecule has 1 aliphatic rings. The van der Waals surface area contributed by atoms with Crippen LogP contribution in [-0.2, 0) is 10.0 Å². The lowest BCUT2D eigenvalue weighted by Crippen LogP contribution is -2.40. The summed E-state index contributed by atoms with van der Waals surface area (Å²) in [5.74, 6) is 0. The summed E-state index contributed by atoms with van der Waals surface area (Å²) in [4.78, 5) is 0.173. The van der Waals surface area contributed by atoms with Crippen molar-refractivity contribution in [1.29, 1.82) is 5.26 Å². The monoisotopic (exact) mass is 393 g/mol. The van der Waals surface area contributed by atoms with Crippen LogP contribution in [0.15, 0.2) is 27.6 Å². The summed E-state index contributed by atoms with van der Waals surface area (Å²) in [6, 6.07) is 6.54. The number of benzene rings is 1. The van der Waals surface area contributed by atoms with Gasteiger partial charge in [-0.1, -0.05) is 15.9 Å². The average Bonchev–Trinajstić information content (AvgIpc) is 2.87. The van der Waals surface area contributed by atoms with Crippen molar-refractivity contribution in [3.63, 3.8) is 0 Å². The minimum Gasteiger partial charge on any atom is -0.318 e. The Bertz CT molecular complexity index is 645. The number of hydrogen-bond donors (Lipinski definition) is 1. The van der Waals surface area contributed by atoms with Gasteiger partial charge in [-0.2, -0.15) is 9.57 Å². The predicted octanol–water partition coefficient (Wildman–Crippen LogP) is 2.12. The minimum absolute atomic E-state index is 0. The highest BCUT2D eigenvalue weighted by atomic mass is 79.9. The first-order chi connectivity index (χ1) is 9.48. The van der Waals surface area contributed by atoms with Crippen molar-refractivity contribution in [2.24, 2.45) is 0 Å². The van der Waals surface area contributed by atoms with E-state index in [1.54, 1.807) is 12.1 Å². The maximum absolute atomic E-state index is 12.7. The van der Waals surface area contributed by atoms with E-state index in [1.807, 2.05) is 13.1 Å². The van der Waals surface area contributed by atoms with Crippen LogP contribution in [0, 0.1) is 11.3 Å². The van der Waals surface area contributed by atoms with Crippen LogP contribution < -0.4 is 5.32 Å². The van der Waals surface area contributed by atoms with E-state index in [-0.39, 0.29) is 23.3 Å². The number of sulfonamides is 1. The molecule has 0 amide bonds. The first-order valence-corrected chi connectivity index (χ1v) is 8.59. The van der Waals surface area contributed by atoms with Crippen molar-refractivity contribution < 1.29 is 8.42 Å². The van der Waals surface area contributed by atoms with Crippen molar-refractivity contribution in [2.45, 2.75) is 23.8 Å². The van der Waals surface area contributed by atoms with Crippen molar-refractivity contribution in [1.82, 2.24) is 9.62 Å². The van der Waals surface area contributed by atoms with E-state index >= 15 is 0 Å². The number of hydrogen-bond acceptors (Lipinski definition) is 4. The molecule has 1 atom stereocenters. The van der Waals surface area contributed by atoms with Crippen LogP contribution in [0.3, 0.4) is 0 Å². The second-order valence-corrected chi connectivity index (χ2v) is 7.56. The molecule has 1 aliphatic heterocycles. The molecule has 8 heteroatoms. The maximum Gasteiger partial charge on any atom is 0.243 e. The molecule has 1 heterocycles. The van der Waals surface area contributed by atoms with Gasteiger partial charge in [-0.25, -0.2) is 8.42 Å². The van der Waals surface area contributed by atoms with E-state index in [0.717, 1.165) is 12.8 Å². The molecule has 1 N–H and O–H groups in total. The highest BCUT2D eigenvalue weighted by Crippen LogP contribution is 2.28. The third-order valence-corrected chi connectivity index (χ3v) is 5.76. The largest absolute Gasteiger partial charge is 0.318 e. The van der Waals surface area contributed by atoms with Crippen LogP contribution in [0.5, 0.6) is 0 Å². The second-order valence-electron chi connectivity index (χ2n) is 4.76. The normalized spacial score (nSPS) is 19.0. The topological polar surface area (TPSA) is 73.2 Å². The fraction of sp³-hybridized carbons (Fsp3) is 0.462. The Morgan fingerprint density at radius 2 is 2.19 bits per heavy atom. The molecule has 0 aliphatic carbocycles. The van der Waals surface area contributed by atoms with E-state index in [0.29, 0.717) is 23.1 Å².